The summed E-state index contributed by atoms with van der Waals surface area (Å²) in [7, 11) is 0. The number of carboxylic acids is 1. The summed E-state index contributed by atoms with van der Waals surface area (Å²) in [6, 6.07) is 5.67. The maximum Gasteiger partial charge on any atom is 0.435 e. The average molecular weight is 569 g/mol. The number of carboxylic acid groups (broad SMARTS) is 1. The largest absolute Gasteiger partial charge is 0.477 e. The third-order valence-electron chi connectivity index (χ3n) is 4.96. The Balaban J connectivity index is 2.10. The van der Waals surface area contributed by atoms with Crippen LogP contribution in [0.15, 0.2) is 53.9 Å². The first-order valence-corrected chi connectivity index (χ1v) is 11.3. The number of anilines is 1. The monoisotopic (exact) mass is 568 g/mol. The molecule has 0 saturated heterocycles. The number of benzene rings is 1. The summed E-state index contributed by atoms with van der Waals surface area (Å²) in [5, 5.41) is 24.7. The van der Waals surface area contributed by atoms with E-state index in [1.165, 1.54) is 19.1 Å². The minimum atomic E-state index is -4.75. The maximum absolute atomic E-state index is 13.4. The van der Waals surface area contributed by atoms with Crippen LogP contribution in [0.5, 0.6) is 5.88 Å². The van der Waals surface area contributed by atoms with E-state index < -0.39 is 35.8 Å². The van der Waals surface area contributed by atoms with Crippen LogP contribution in [0.25, 0.3) is 11.4 Å². The molecular weight excluding hydrogens is 548 g/mol. The van der Waals surface area contributed by atoms with Gasteiger partial charge in [-0.05, 0) is 37.3 Å². The Bertz CT molecular complexity index is 1470. The molecule has 15 heteroatoms. The van der Waals surface area contributed by atoms with Gasteiger partial charge in [-0.1, -0.05) is 18.2 Å². The molecule has 10 nitrogen and oxygen atoms in total. The lowest BCUT2D eigenvalue weighted by Crippen LogP contribution is -2.15. The number of aliphatic hydroxyl groups is 1. The van der Waals surface area contributed by atoms with Crippen molar-refractivity contribution < 1.29 is 37.3 Å². The van der Waals surface area contributed by atoms with Crippen molar-refractivity contribution in [1.82, 2.24) is 14.8 Å². The van der Waals surface area contributed by atoms with Gasteiger partial charge in [-0.25, -0.2) is 23.8 Å². The number of hydrogen-bond acceptors (Lipinski definition) is 8. The number of nitrogens with one attached hydrogen (secondary N) is 1. The Morgan fingerprint density at radius 3 is 2.64 bits per heavy atom. The summed E-state index contributed by atoms with van der Waals surface area (Å²) < 4.78 is 59.2. The van der Waals surface area contributed by atoms with Crippen molar-refractivity contribution in [3.05, 3.63) is 82.3 Å². The van der Waals surface area contributed by atoms with Crippen LogP contribution in [0.3, 0.4) is 0 Å². The summed E-state index contributed by atoms with van der Waals surface area (Å²) in [6.45, 7) is 4.42. The van der Waals surface area contributed by atoms with Gasteiger partial charge in [-0.15, -0.1) is 0 Å². The first-order valence-electron chi connectivity index (χ1n) is 10.9. The molecule has 206 valence electrons. The zero-order valence-electron chi connectivity index (χ0n) is 20.1. The summed E-state index contributed by atoms with van der Waals surface area (Å²) in [5.74, 6) is -2.72. The molecule has 1 aromatic carbocycles. The van der Waals surface area contributed by atoms with Gasteiger partial charge in [-0.3, -0.25) is 0 Å². The van der Waals surface area contributed by atoms with Crippen molar-refractivity contribution in [2.45, 2.75) is 13.1 Å². The highest BCUT2D eigenvalue weighted by atomic mass is 35.5. The Morgan fingerprint density at radius 2 is 2.05 bits per heavy atom. The van der Waals surface area contributed by atoms with Crippen molar-refractivity contribution in [2.75, 3.05) is 18.5 Å². The molecule has 0 fully saturated rings. The minimum absolute atomic E-state index is 0.00883. The van der Waals surface area contributed by atoms with Gasteiger partial charge in [0.05, 0.1) is 11.6 Å². The second-order valence-electron chi connectivity index (χ2n) is 7.79. The third kappa shape index (κ3) is 7.12. The highest BCUT2D eigenvalue weighted by Crippen LogP contribution is 2.30. The van der Waals surface area contributed by atoms with E-state index in [4.69, 9.17) is 27.2 Å². The molecule has 0 spiro atoms. The van der Waals surface area contributed by atoms with Crippen LogP contribution in [0.4, 0.5) is 23.2 Å². The first kappa shape index (κ1) is 29.1. The minimum Gasteiger partial charge on any atom is -0.477 e. The number of hydrogen-bond donors (Lipinski definition) is 4. The molecule has 3 aromatic rings. The molecular formula is C24H21ClF4N6O4. The lowest BCUT2D eigenvalue weighted by atomic mass is 10.1. The number of pyridine rings is 1. The molecule has 2 aromatic heterocycles. The van der Waals surface area contributed by atoms with E-state index in [0.717, 1.165) is 35.3 Å². The van der Waals surface area contributed by atoms with Crippen molar-refractivity contribution in [3.63, 3.8) is 0 Å². The average Bonchev–Trinajstić information content (AvgIpc) is 3.27. The molecule has 0 radical (unpaired) electrons. The van der Waals surface area contributed by atoms with Crippen LogP contribution in [0.1, 0.15) is 27.3 Å². The Hall–Kier alpha value is -4.43. The van der Waals surface area contributed by atoms with E-state index in [-0.39, 0.29) is 46.0 Å². The Labute approximate surface area is 223 Å². The third-order valence-corrected chi connectivity index (χ3v) is 5.25. The van der Waals surface area contributed by atoms with Crippen molar-refractivity contribution >= 4 is 40.9 Å². The van der Waals surface area contributed by atoms with Crippen LogP contribution >= 0.6 is 11.6 Å². The molecule has 0 amide bonds. The lowest BCUT2D eigenvalue weighted by molar-refractivity contribution is -0.141. The molecule has 0 aliphatic rings. The number of rotatable bonds is 10. The van der Waals surface area contributed by atoms with E-state index in [2.05, 4.69) is 27.0 Å². The topological polar surface area (TPSA) is 148 Å². The summed E-state index contributed by atoms with van der Waals surface area (Å²) in [5.41, 5.74) is 4.93. The number of aromatic carboxylic acids is 1. The first-order chi connectivity index (χ1) is 18.3. The predicted molar refractivity (Wildman–Crippen MR) is 136 cm³/mol. The fraction of sp³-hybridized carbons (Fsp3) is 0.167. The fourth-order valence-electron chi connectivity index (χ4n) is 3.18. The number of halogens is 5. The second-order valence-corrected chi connectivity index (χ2v) is 8.20. The van der Waals surface area contributed by atoms with Crippen LogP contribution in [-0.4, -0.2) is 50.4 Å². The van der Waals surface area contributed by atoms with Gasteiger partial charge < -0.3 is 26.0 Å². The number of aryl methyl sites for hydroxylation is 1. The Kier molecular flexibility index (Phi) is 8.93. The number of nitrogens with zero attached hydrogens (tertiary/aromatic N) is 4. The molecule has 3 rings (SSSR count). The molecule has 5 N–H and O–H groups in total. The van der Waals surface area contributed by atoms with E-state index in [0.29, 0.717) is 5.69 Å². The van der Waals surface area contributed by atoms with E-state index >= 15 is 0 Å². The predicted octanol–water partition coefficient (Wildman–Crippen LogP) is 4.41. The molecule has 0 bridgehead atoms. The maximum atomic E-state index is 13.4. The molecule has 39 heavy (non-hydrogen) atoms. The number of aromatic nitrogens is 3. The molecule has 0 atom stereocenters. The number of aliphatic hydroxyl groups excluding tert-OH is 1. The van der Waals surface area contributed by atoms with Gasteiger partial charge in [0.15, 0.2) is 5.69 Å². The highest BCUT2D eigenvalue weighted by molar-refractivity contribution is 6.31. The normalized spacial score (nSPS) is 12.4. The molecule has 0 unspecified atom stereocenters. The van der Waals surface area contributed by atoms with Gasteiger partial charge in [0.2, 0.25) is 5.88 Å². The van der Waals surface area contributed by atoms with Gasteiger partial charge in [0.25, 0.3) is 0 Å². The van der Waals surface area contributed by atoms with Gasteiger partial charge in [0, 0.05) is 34.9 Å². The number of aliphatic imine (C=N–C) groups is 1. The molecule has 0 aliphatic carbocycles. The van der Waals surface area contributed by atoms with Gasteiger partial charge in [0.1, 0.15) is 29.6 Å². The molecule has 0 aliphatic heterocycles. The van der Waals surface area contributed by atoms with Crippen LogP contribution < -0.4 is 15.8 Å². The number of ether oxygens (including phenoxy) is 1. The SMILES string of the molecule is C=C(/N=C\C(=C(/N)n1nc(C(F)(F)F)cc1C)c1cnc(OCCO)c(C(=O)O)c1)Nc1ccc(F)c(Cl)c1. The summed E-state index contributed by atoms with van der Waals surface area (Å²) >= 11 is 5.77. The molecule has 2 heterocycles. The number of carbonyl (C=O) groups is 1. The summed E-state index contributed by atoms with van der Waals surface area (Å²) in [4.78, 5) is 19.9. The van der Waals surface area contributed by atoms with Crippen LogP contribution in [-0.2, 0) is 6.18 Å². The second kappa shape index (κ2) is 12.0. The van der Waals surface area contributed by atoms with Crippen LogP contribution in [0.2, 0.25) is 5.02 Å². The van der Waals surface area contributed by atoms with E-state index in [1.54, 1.807) is 0 Å². The summed E-state index contributed by atoms with van der Waals surface area (Å²) in [6.07, 6.45) is -2.48. The van der Waals surface area contributed by atoms with E-state index in [9.17, 15) is 27.5 Å². The van der Waals surface area contributed by atoms with Crippen molar-refractivity contribution in [3.8, 4) is 5.88 Å². The Morgan fingerprint density at radius 1 is 1.33 bits per heavy atom. The number of allylic oxidation sites excluding steroid dienone is 1. The van der Waals surface area contributed by atoms with Crippen LogP contribution in [0, 0.1) is 12.7 Å². The van der Waals surface area contributed by atoms with E-state index in [1.807, 2.05) is 0 Å². The van der Waals surface area contributed by atoms with Crippen molar-refractivity contribution in [2.24, 2.45) is 10.7 Å². The zero-order chi connectivity index (χ0) is 28.9. The highest BCUT2D eigenvalue weighted by Gasteiger charge is 2.35. The fourth-order valence-corrected chi connectivity index (χ4v) is 3.37. The standard InChI is InChI=1S/C24H21ClF4N6O4/c1-12-7-20(24(27,28)29)34-35(12)21(30)17(11-31-13(2)33-15-3-4-19(26)18(25)9-15)14-8-16(23(37)38)22(32-10-14)39-6-5-36/h3-4,7-11,33,36H,2,5-6,30H2,1H3,(H,37,38)/b21-17-,31-11-. The number of alkyl halides is 3. The lowest BCUT2D eigenvalue weighted by Gasteiger charge is -2.13. The number of nitrogens with two attached hydrogens (primary N) is 1. The zero-order valence-corrected chi connectivity index (χ0v) is 20.9. The van der Waals surface area contributed by atoms with Gasteiger partial charge >= 0.3 is 12.1 Å². The van der Waals surface area contributed by atoms with Crippen molar-refractivity contribution in [1.29, 1.82) is 0 Å². The molecule has 0 saturated carbocycles. The smallest absolute Gasteiger partial charge is 0.435 e. The quantitative estimate of drug-likeness (QED) is 0.208. The van der Waals surface area contributed by atoms with Gasteiger partial charge in [-0.2, -0.15) is 18.3 Å².